The van der Waals surface area contributed by atoms with E-state index in [0.29, 0.717) is 42.1 Å². The van der Waals surface area contributed by atoms with Crippen LogP contribution < -0.4 is 0 Å². The second-order valence-electron chi connectivity index (χ2n) is 5.34. The average molecular weight is 390 g/mol. The summed E-state index contributed by atoms with van der Waals surface area (Å²) in [5.74, 6) is -0.113. The fourth-order valence-electron chi connectivity index (χ4n) is 2.67. The minimum absolute atomic E-state index is 0.113. The van der Waals surface area contributed by atoms with E-state index >= 15 is 0 Å². The van der Waals surface area contributed by atoms with Crippen LogP contribution in [0.5, 0.6) is 0 Å². The van der Waals surface area contributed by atoms with Gasteiger partial charge in [0, 0.05) is 45.4 Å². The van der Waals surface area contributed by atoms with Crippen LogP contribution in [0.4, 0.5) is 0 Å². The zero-order valence-corrected chi connectivity index (χ0v) is 14.6. The number of piperazine rings is 1. The lowest BCUT2D eigenvalue weighted by atomic mass is 10.3. The third-order valence-electron chi connectivity index (χ3n) is 3.91. The molecular formula is C13H16BrN3O4S. The molecule has 2 aromatic rings. The van der Waals surface area contributed by atoms with E-state index < -0.39 is 10.0 Å². The summed E-state index contributed by atoms with van der Waals surface area (Å²) in [5.41, 5.74) is 2.02. The van der Waals surface area contributed by atoms with Crippen LogP contribution in [0.2, 0.25) is 0 Å². The summed E-state index contributed by atoms with van der Waals surface area (Å²) in [4.78, 5) is 14.3. The molecule has 3 heterocycles. The molecule has 0 atom stereocenters. The number of aromatic nitrogens is 1. The normalized spacial score (nSPS) is 17.3. The first-order valence-corrected chi connectivity index (χ1v) is 9.40. The van der Waals surface area contributed by atoms with Gasteiger partial charge in [-0.1, -0.05) is 0 Å². The summed E-state index contributed by atoms with van der Waals surface area (Å²) in [7, 11) is -1.38. The number of aryl methyl sites for hydroxylation is 1. The molecule has 1 aliphatic heterocycles. The summed E-state index contributed by atoms with van der Waals surface area (Å²) in [6, 6.07) is 3.53. The molecule has 120 valence electrons. The minimum Gasteiger partial charge on any atom is -0.448 e. The van der Waals surface area contributed by atoms with Crippen LogP contribution in [-0.2, 0) is 17.1 Å². The molecule has 1 fully saturated rings. The number of hydrogen-bond donors (Lipinski definition) is 0. The molecule has 9 heteroatoms. The number of hydrogen-bond acceptors (Lipinski definition) is 4. The van der Waals surface area contributed by atoms with Crippen LogP contribution in [0.15, 0.2) is 21.2 Å². The Labute approximate surface area is 136 Å². The number of sulfonamides is 1. The molecule has 3 rings (SSSR count). The molecule has 7 nitrogen and oxygen atoms in total. The fraction of sp³-hybridized carbons (Fsp3) is 0.462. The molecular weight excluding hydrogens is 374 g/mol. The van der Waals surface area contributed by atoms with E-state index in [1.165, 1.54) is 10.6 Å². The lowest BCUT2D eigenvalue weighted by Crippen LogP contribution is -2.50. The molecule has 1 aliphatic rings. The maximum atomic E-state index is 12.6. The van der Waals surface area contributed by atoms with E-state index in [1.54, 1.807) is 15.5 Å². The van der Waals surface area contributed by atoms with E-state index in [4.69, 9.17) is 4.42 Å². The summed E-state index contributed by atoms with van der Waals surface area (Å²) in [5, 5.41) is 0. The van der Waals surface area contributed by atoms with Gasteiger partial charge >= 0.3 is 0 Å². The zero-order chi connectivity index (χ0) is 16.1. The summed E-state index contributed by atoms with van der Waals surface area (Å²) in [6.07, 6.45) is 1.19. The summed E-state index contributed by atoms with van der Waals surface area (Å²) >= 11 is 3.26. The molecule has 0 saturated carbocycles. The fourth-order valence-corrected chi connectivity index (χ4v) is 3.89. The highest BCUT2D eigenvalue weighted by molar-refractivity contribution is 9.10. The quantitative estimate of drug-likeness (QED) is 0.774. The smallest absolute Gasteiger partial charge is 0.270 e. The van der Waals surface area contributed by atoms with Crippen molar-refractivity contribution in [1.29, 1.82) is 0 Å². The van der Waals surface area contributed by atoms with Gasteiger partial charge in [0.2, 0.25) is 10.0 Å². The third kappa shape index (κ3) is 2.68. The Morgan fingerprint density at radius 2 is 1.86 bits per heavy atom. The molecule has 1 saturated heterocycles. The van der Waals surface area contributed by atoms with Crippen LogP contribution >= 0.6 is 15.9 Å². The highest BCUT2D eigenvalue weighted by atomic mass is 79.9. The van der Waals surface area contributed by atoms with Gasteiger partial charge in [0.15, 0.2) is 10.3 Å². The maximum Gasteiger partial charge on any atom is 0.270 e. The van der Waals surface area contributed by atoms with Crippen molar-refractivity contribution < 1.29 is 17.6 Å². The molecule has 1 amide bonds. The first-order valence-electron chi connectivity index (χ1n) is 6.76. The molecule has 0 aromatic carbocycles. The number of rotatable bonds is 2. The van der Waals surface area contributed by atoms with Crippen molar-refractivity contribution in [1.82, 2.24) is 13.8 Å². The predicted octanol–water partition coefficient (Wildman–Crippen LogP) is 1.25. The highest BCUT2D eigenvalue weighted by Crippen LogP contribution is 2.26. The van der Waals surface area contributed by atoms with Crippen LogP contribution in [0, 0.1) is 0 Å². The van der Waals surface area contributed by atoms with Gasteiger partial charge in [-0.05, 0) is 15.9 Å². The standard InChI is InChI=1S/C13H16BrN3O4S/c1-15-9-8-12(14)21-11(9)7-10(15)13(18)16-3-5-17(6-4-16)22(2,19)20/h7-8H,3-6H2,1-2H3. The summed E-state index contributed by atoms with van der Waals surface area (Å²) in [6.45, 7) is 1.44. The highest BCUT2D eigenvalue weighted by Gasteiger charge is 2.28. The van der Waals surface area contributed by atoms with E-state index in [-0.39, 0.29) is 5.91 Å². The Balaban J connectivity index is 1.79. The molecule has 0 N–H and O–H groups in total. The van der Waals surface area contributed by atoms with E-state index in [9.17, 15) is 13.2 Å². The largest absolute Gasteiger partial charge is 0.448 e. The van der Waals surface area contributed by atoms with Crippen molar-refractivity contribution in [2.45, 2.75) is 0 Å². The van der Waals surface area contributed by atoms with Gasteiger partial charge in [-0.2, -0.15) is 4.31 Å². The summed E-state index contributed by atoms with van der Waals surface area (Å²) < 4.78 is 32.3. The van der Waals surface area contributed by atoms with Gasteiger partial charge < -0.3 is 13.9 Å². The number of halogens is 1. The Kier molecular flexibility index (Phi) is 3.82. The monoisotopic (exact) mass is 389 g/mol. The first-order chi connectivity index (χ1) is 10.3. The number of fused-ring (bicyclic) bond motifs is 1. The SMILES string of the molecule is Cn1c(C(=O)N2CCN(S(C)(=O)=O)CC2)cc2oc(Br)cc21. The van der Waals surface area contributed by atoms with Crippen LogP contribution in [0.1, 0.15) is 10.5 Å². The number of carbonyl (C=O) groups excluding carboxylic acids is 1. The Bertz CT molecular complexity index is 831. The molecule has 22 heavy (non-hydrogen) atoms. The van der Waals surface area contributed by atoms with Crippen molar-refractivity contribution in [3.05, 3.63) is 22.5 Å². The lowest BCUT2D eigenvalue weighted by molar-refractivity contribution is 0.0689. The molecule has 2 aromatic heterocycles. The molecule has 0 aliphatic carbocycles. The van der Waals surface area contributed by atoms with Gasteiger partial charge in [-0.15, -0.1) is 0 Å². The topological polar surface area (TPSA) is 75.8 Å². The number of nitrogens with zero attached hydrogens (tertiary/aromatic N) is 3. The third-order valence-corrected chi connectivity index (χ3v) is 5.61. The Morgan fingerprint density at radius 3 is 2.41 bits per heavy atom. The first kappa shape index (κ1) is 15.6. The van der Waals surface area contributed by atoms with Crippen molar-refractivity contribution in [3.63, 3.8) is 0 Å². The van der Waals surface area contributed by atoms with Gasteiger partial charge in [0.1, 0.15) is 5.69 Å². The Hall–Kier alpha value is -1.32. The van der Waals surface area contributed by atoms with Crippen molar-refractivity contribution in [2.24, 2.45) is 7.05 Å². The lowest BCUT2D eigenvalue weighted by Gasteiger charge is -2.33. The number of amides is 1. The average Bonchev–Trinajstić information content (AvgIpc) is 2.96. The Morgan fingerprint density at radius 1 is 1.23 bits per heavy atom. The van der Waals surface area contributed by atoms with Crippen LogP contribution in [-0.4, -0.2) is 60.5 Å². The molecule has 0 bridgehead atoms. The zero-order valence-electron chi connectivity index (χ0n) is 12.2. The van der Waals surface area contributed by atoms with Crippen molar-refractivity contribution in [2.75, 3.05) is 32.4 Å². The molecule has 0 spiro atoms. The van der Waals surface area contributed by atoms with E-state index in [1.807, 2.05) is 13.1 Å². The van der Waals surface area contributed by atoms with Gasteiger partial charge in [-0.25, -0.2) is 8.42 Å². The molecule has 0 radical (unpaired) electrons. The van der Waals surface area contributed by atoms with Crippen molar-refractivity contribution in [3.8, 4) is 0 Å². The number of furan rings is 1. The second-order valence-corrected chi connectivity index (χ2v) is 8.11. The minimum atomic E-state index is -3.19. The second kappa shape index (κ2) is 5.39. The van der Waals surface area contributed by atoms with E-state index in [0.717, 1.165) is 5.52 Å². The van der Waals surface area contributed by atoms with Crippen LogP contribution in [0.25, 0.3) is 11.1 Å². The van der Waals surface area contributed by atoms with Gasteiger partial charge in [-0.3, -0.25) is 4.79 Å². The van der Waals surface area contributed by atoms with E-state index in [2.05, 4.69) is 15.9 Å². The van der Waals surface area contributed by atoms with Crippen LogP contribution in [0.3, 0.4) is 0 Å². The molecule has 0 unspecified atom stereocenters. The number of carbonyl (C=O) groups is 1. The predicted molar refractivity (Wildman–Crippen MR) is 85.2 cm³/mol. The maximum absolute atomic E-state index is 12.6. The van der Waals surface area contributed by atoms with Gasteiger partial charge in [0.25, 0.3) is 5.91 Å². The van der Waals surface area contributed by atoms with Gasteiger partial charge in [0.05, 0.1) is 11.8 Å². The van der Waals surface area contributed by atoms with Crippen molar-refractivity contribution >= 4 is 43.0 Å².